The Labute approximate surface area is 173 Å². The number of carbonyl (C=O) groups excluding carboxylic acids is 3. The number of rotatable bonds is 8. The van der Waals surface area contributed by atoms with Crippen LogP contribution >= 0.6 is 0 Å². The number of anilines is 2. The molecule has 8 heteroatoms. The number of hydrogen-bond donors (Lipinski definition) is 3. The second kappa shape index (κ2) is 9.92. The molecule has 0 spiro atoms. The van der Waals surface area contributed by atoms with Crippen molar-refractivity contribution in [3.05, 3.63) is 83.8 Å². The number of furan rings is 1. The predicted molar refractivity (Wildman–Crippen MR) is 111 cm³/mol. The number of hydrogen-bond acceptors (Lipinski definition) is 6. The highest BCUT2D eigenvalue weighted by Gasteiger charge is 2.08. The maximum absolute atomic E-state index is 12.1. The number of carbonyl (C=O) groups is 3. The van der Waals surface area contributed by atoms with E-state index < -0.39 is 5.97 Å². The van der Waals surface area contributed by atoms with Crippen LogP contribution in [0.25, 0.3) is 0 Å². The molecule has 0 unspecified atom stereocenters. The van der Waals surface area contributed by atoms with E-state index in [1.807, 2.05) is 0 Å². The van der Waals surface area contributed by atoms with Crippen molar-refractivity contribution in [2.75, 3.05) is 24.3 Å². The molecule has 3 N–H and O–H groups in total. The van der Waals surface area contributed by atoms with Crippen LogP contribution in [0.4, 0.5) is 11.4 Å². The Balaban J connectivity index is 1.46. The normalized spacial score (nSPS) is 10.2. The van der Waals surface area contributed by atoms with Crippen LogP contribution in [0.1, 0.15) is 26.5 Å². The Morgan fingerprint density at radius 1 is 0.900 bits per heavy atom. The molecule has 0 radical (unpaired) electrons. The van der Waals surface area contributed by atoms with Gasteiger partial charge in [0.2, 0.25) is 5.91 Å². The Bertz CT molecular complexity index is 996. The van der Waals surface area contributed by atoms with Gasteiger partial charge in [0.15, 0.2) is 0 Å². The summed E-state index contributed by atoms with van der Waals surface area (Å²) in [6.45, 7) is 0.347. The van der Waals surface area contributed by atoms with Crippen LogP contribution in [-0.4, -0.2) is 31.4 Å². The Morgan fingerprint density at radius 3 is 2.20 bits per heavy atom. The molecule has 0 saturated carbocycles. The molecule has 154 valence electrons. The second-order valence-electron chi connectivity index (χ2n) is 6.31. The summed E-state index contributed by atoms with van der Waals surface area (Å²) in [6.07, 6.45) is 1.55. The first kappa shape index (κ1) is 20.7. The van der Waals surface area contributed by atoms with Crippen molar-refractivity contribution in [1.82, 2.24) is 5.32 Å². The van der Waals surface area contributed by atoms with Crippen molar-refractivity contribution in [3.8, 4) is 0 Å². The smallest absolute Gasteiger partial charge is 0.337 e. The molecule has 3 aromatic rings. The van der Waals surface area contributed by atoms with Gasteiger partial charge in [0.25, 0.3) is 5.91 Å². The van der Waals surface area contributed by atoms with Crippen LogP contribution in [-0.2, 0) is 16.1 Å². The molecule has 1 heterocycles. The fourth-order valence-electron chi connectivity index (χ4n) is 2.62. The van der Waals surface area contributed by atoms with Gasteiger partial charge in [-0.15, -0.1) is 0 Å². The van der Waals surface area contributed by atoms with E-state index in [-0.39, 0.29) is 18.4 Å². The number of esters is 1. The third-order valence-electron chi connectivity index (χ3n) is 4.19. The van der Waals surface area contributed by atoms with Gasteiger partial charge in [-0.3, -0.25) is 9.59 Å². The van der Waals surface area contributed by atoms with Crippen molar-refractivity contribution >= 4 is 29.2 Å². The van der Waals surface area contributed by atoms with E-state index in [9.17, 15) is 14.4 Å². The zero-order chi connectivity index (χ0) is 21.3. The van der Waals surface area contributed by atoms with Crippen LogP contribution in [0.2, 0.25) is 0 Å². The van der Waals surface area contributed by atoms with Crippen LogP contribution in [0, 0.1) is 0 Å². The van der Waals surface area contributed by atoms with Crippen LogP contribution in [0.3, 0.4) is 0 Å². The first-order chi connectivity index (χ1) is 14.5. The van der Waals surface area contributed by atoms with Gasteiger partial charge in [-0.05, 0) is 60.7 Å². The van der Waals surface area contributed by atoms with Crippen LogP contribution < -0.4 is 16.0 Å². The zero-order valence-corrected chi connectivity index (χ0v) is 16.3. The summed E-state index contributed by atoms with van der Waals surface area (Å²) >= 11 is 0. The minimum atomic E-state index is -0.419. The molecule has 0 saturated heterocycles. The predicted octanol–water partition coefficient (Wildman–Crippen LogP) is 3.05. The first-order valence-corrected chi connectivity index (χ1v) is 9.18. The lowest BCUT2D eigenvalue weighted by Gasteiger charge is -2.09. The summed E-state index contributed by atoms with van der Waals surface area (Å²) in [5.41, 5.74) is 2.18. The summed E-state index contributed by atoms with van der Waals surface area (Å²) in [7, 11) is 1.32. The Hall–Kier alpha value is -4.07. The average molecular weight is 407 g/mol. The van der Waals surface area contributed by atoms with Gasteiger partial charge in [0, 0.05) is 16.9 Å². The topological polar surface area (TPSA) is 110 Å². The largest absolute Gasteiger partial charge is 0.467 e. The third kappa shape index (κ3) is 5.71. The molecule has 0 atom stereocenters. The van der Waals surface area contributed by atoms with Crippen molar-refractivity contribution in [2.45, 2.75) is 6.54 Å². The van der Waals surface area contributed by atoms with Gasteiger partial charge >= 0.3 is 5.97 Å². The molecule has 2 amide bonds. The number of nitrogens with one attached hydrogen (secondary N) is 3. The molecule has 0 aliphatic heterocycles. The molecular weight excluding hydrogens is 386 g/mol. The lowest BCUT2D eigenvalue weighted by Crippen LogP contribution is -2.23. The molecule has 0 bridgehead atoms. The van der Waals surface area contributed by atoms with E-state index in [0.717, 1.165) is 0 Å². The van der Waals surface area contributed by atoms with Gasteiger partial charge in [-0.25, -0.2) is 4.79 Å². The van der Waals surface area contributed by atoms with E-state index in [4.69, 9.17) is 4.42 Å². The summed E-state index contributed by atoms with van der Waals surface area (Å²) < 4.78 is 9.81. The molecule has 8 nitrogen and oxygen atoms in total. The molecule has 3 rings (SSSR count). The minimum Gasteiger partial charge on any atom is -0.467 e. The SMILES string of the molecule is COC(=O)c1ccc(NCC(=O)Nc2ccc(C(=O)NCc3ccco3)cc2)cc1. The fourth-order valence-corrected chi connectivity index (χ4v) is 2.62. The summed E-state index contributed by atoms with van der Waals surface area (Å²) in [5.74, 6) is -0.236. The molecular formula is C22H21N3O5. The van der Waals surface area contributed by atoms with Gasteiger partial charge in [-0.2, -0.15) is 0 Å². The second-order valence-corrected chi connectivity index (χ2v) is 6.31. The lowest BCUT2D eigenvalue weighted by molar-refractivity contribution is -0.114. The van der Waals surface area contributed by atoms with Gasteiger partial charge in [0.1, 0.15) is 5.76 Å². The highest BCUT2D eigenvalue weighted by molar-refractivity contribution is 5.96. The highest BCUT2D eigenvalue weighted by Crippen LogP contribution is 2.12. The van der Waals surface area contributed by atoms with Crippen molar-refractivity contribution < 1.29 is 23.5 Å². The molecule has 0 aliphatic rings. The van der Waals surface area contributed by atoms with Crippen LogP contribution in [0.5, 0.6) is 0 Å². The minimum absolute atomic E-state index is 0.0446. The molecule has 2 aromatic carbocycles. The summed E-state index contributed by atoms with van der Waals surface area (Å²) in [5, 5.41) is 8.48. The zero-order valence-electron chi connectivity index (χ0n) is 16.3. The maximum Gasteiger partial charge on any atom is 0.337 e. The fraction of sp³-hybridized carbons (Fsp3) is 0.136. The third-order valence-corrected chi connectivity index (χ3v) is 4.19. The monoisotopic (exact) mass is 407 g/mol. The van der Waals surface area contributed by atoms with E-state index in [0.29, 0.717) is 34.8 Å². The Morgan fingerprint density at radius 2 is 1.57 bits per heavy atom. The highest BCUT2D eigenvalue weighted by atomic mass is 16.5. The van der Waals surface area contributed by atoms with Crippen molar-refractivity contribution in [1.29, 1.82) is 0 Å². The van der Waals surface area contributed by atoms with E-state index in [1.165, 1.54) is 7.11 Å². The summed E-state index contributed by atoms with van der Waals surface area (Å²) in [4.78, 5) is 35.7. The lowest BCUT2D eigenvalue weighted by atomic mass is 10.2. The molecule has 0 fully saturated rings. The van der Waals surface area contributed by atoms with Gasteiger partial charge in [-0.1, -0.05) is 0 Å². The van der Waals surface area contributed by atoms with Crippen molar-refractivity contribution in [3.63, 3.8) is 0 Å². The van der Waals surface area contributed by atoms with E-state index in [1.54, 1.807) is 66.9 Å². The standard InChI is InChI=1S/C22H21N3O5/c1-29-22(28)16-6-8-17(9-7-16)23-14-20(26)25-18-10-4-15(5-11-18)21(27)24-13-19-3-2-12-30-19/h2-12,23H,13-14H2,1H3,(H,24,27)(H,25,26). The van der Waals surface area contributed by atoms with Crippen molar-refractivity contribution in [2.24, 2.45) is 0 Å². The van der Waals surface area contributed by atoms with Crippen LogP contribution in [0.15, 0.2) is 71.3 Å². The van der Waals surface area contributed by atoms with E-state index >= 15 is 0 Å². The molecule has 0 aliphatic carbocycles. The Kier molecular flexibility index (Phi) is 6.83. The average Bonchev–Trinajstić information content (AvgIpc) is 3.30. The quantitative estimate of drug-likeness (QED) is 0.495. The first-order valence-electron chi connectivity index (χ1n) is 9.18. The van der Waals surface area contributed by atoms with E-state index in [2.05, 4.69) is 20.7 Å². The maximum atomic E-state index is 12.1. The molecule has 1 aromatic heterocycles. The number of amides is 2. The number of ether oxygens (including phenoxy) is 1. The summed E-state index contributed by atoms with van der Waals surface area (Å²) in [6, 6.07) is 16.7. The number of methoxy groups -OCH3 is 1. The van der Waals surface area contributed by atoms with Gasteiger partial charge < -0.3 is 25.1 Å². The van der Waals surface area contributed by atoms with Gasteiger partial charge in [0.05, 0.1) is 32.0 Å². The number of benzene rings is 2. The molecule has 30 heavy (non-hydrogen) atoms.